The first-order valence-electron chi connectivity index (χ1n) is 8.82. The molecule has 0 heterocycles. The van der Waals surface area contributed by atoms with Crippen LogP contribution in [-0.4, -0.2) is 13.1 Å². The Morgan fingerprint density at radius 3 is 2.57 bits per heavy atom. The smallest absolute Gasteiger partial charge is 0.306 e. The molecule has 122 valence electrons. The largest absolute Gasteiger partial charge is 0.469 e. The van der Waals surface area contributed by atoms with Crippen molar-refractivity contribution in [1.29, 1.82) is 0 Å². The second-order valence-electron chi connectivity index (χ2n) is 6.82. The third-order valence-corrected chi connectivity index (χ3v) is 5.23. The zero-order valence-electron chi connectivity index (χ0n) is 14.0. The van der Waals surface area contributed by atoms with Gasteiger partial charge in [-0.15, -0.1) is 0 Å². The molecule has 1 saturated carbocycles. The van der Waals surface area contributed by atoms with E-state index in [-0.39, 0.29) is 11.9 Å². The molecule has 2 nitrogen and oxygen atoms in total. The summed E-state index contributed by atoms with van der Waals surface area (Å²) in [5.74, 6) is 0.930. The fourth-order valence-electron chi connectivity index (χ4n) is 3.91. The van der Waals surface area contributed by atoms with Crippen LogP contribution in [0, 0.1) is 5.92 Å². The minimum absolute atomic E-state index is 0.0982. The lowest BCUT2D eigenvalue weighted by Crippen LogP contribution is -2.15. The lowest BCUT2D eigenvalue weighted by Gasteiger charge is -2.26. The van der Waals surface area contributed by atoms with Crippen LogP contribution in [0.5, 0.6) is 0 Å². The lowest BCUT2D eigenvalue weighted by atomic mass is 9.79. The van der Waals surface area contributed by atoms with Crippen LogP contribution in [0.4, 0.5) is 0 Å². The fraction of sp³-hybridized carbons (Fsp3) is 0.476. The van der Waals surface area contributed by atoms with E-state index in [0.717, 1.165) is 12.3 Å². The summed E-state index contributed by atoms with van der Waals surface area (Å²) < 4.78 is 4.94. The standard InChI is InChI=1S/C21H26O2/c1-23-21(22)15-20(13-16-7-3-2-4-8-16)19-12-11-17-9-5-6-10-18(17)14-19/h5-6,9-12,14,16,20H,2-4,7-8,13,15H2,1H3. The van der Waals surface area contributed by atoms with Crippen molar-refractivity contribution in [3.63, 3.8) is 0 Å². The van der Waals surface area contributed by atoms with Crippen molar-refractivity contribution >= 4 is 16.7 Å². The minimum atomic E-state index is -0.0982. The Bertz CT molecular complexity index is 656. The third-order valence-electron chi connectivity index (χ3n) is 5.23. The maximum absolute atomic E-state index is 11.9. The van der Waals surface area contributed by atoms with Crippen molar-refractivity contribution in [3.8, 4) is 0 Å². The molecule has 23 heavy (non-hydrogen) atoms. The summed E-state index contributed by atoms with van der Waals surface area (Å²) in [6.07, 6.45) is 8.27. The van der Waals surface area contributed by atoms with Crippen molar-refractivity contribution in [2.24, 2.45) is 5.92 Å². The molecule has 2 aromatic rings. The Kier molecular flexibility index (Phi) is 5.32. The lowest BCUT2D eigenvalue weighted by molar-refractivity contribution is -0.141. The molecule has 1 aliphatic carbocycles. The van der Waals surface area contributed by atoms with Crippen LogP contribution in [-0.2, 0) is 9.53 Å². The van der Waals surface area contributed by atoms with Crippen molar-refractivity contribution < 1.29 is 9.53 Å². The van der Waals surface area contributed by atoms with Gasteiger partial charge < -0.3 is 4.74 Å². The normalized spacial score (nSPS) is 17.1. The number of rotatable bonds is 5. The number of fused-ring (bicyclic) bond motifs is 1. The van der Waals surface area contributed by atoms with Crippen molar-refractivity contribution in [2.75, 3.05) is 7.11 Å². The molecular weight excluding hydrogens is 284 g/mol. The number of hydrogen-bond acceptors (Lipinski definition) is 2. The van der Waals surface area contributed by atoms with Crippen molar-refractivity contribution in [1.82, 2.24) is 0 Å². The molecule has 2 heteroatoms. The summed E-state index contributed by atoms with van der Waals surface area (Å²) in [6.45, 7) is 0. The maximum atomic E-state index is 11.9. The number of carbonyl (C=O) groups excluding carboxylic acids is 1. The van der Waals surface area contributed by atoms with E-state index in [4.69, 9.17) is 4.74 Å². The van der Waals surface area contributed by atoms with Gasteiger partial charge in [-0.1, -0.05) is 74.6 Å². The highest BCUT2D eigenvalue weighted by atomic mass is 16.5. The number of methoxy groups -OCH3 is 1. The zero-order chi connectivity index (χ0) is 16.1. The van der Waals surface area contributed by atoms with E-state index in [9.17, 15) is 4.79 Å². The predicted molar refractivity (Wildman–Crippen MR) is 94.5 cm³/mol. The van der Waals surface area contributed by atoms with Crippen LogP contribution >= 0.6 is 0 Å². The molecular formula is C21H26O2. The SMILES string of the molecule is COC(=O)CC(CC1CCCCC1)c1ccc2ccccc2c1. The summed E-state index contributed by atoms with van der Waals surface area (Å²) in [4.78, 5) is 11.9. The molecule has 0 spiro atoms. The first kappa shape index (κ1) is 16.0. The molecule has 0 saturated heterocycles. The van der Waals surface area contributed by atoms with E-state index in [0.29, 0.717) is 6.42 Å². The summed E-state index contributed by atoms with van der Waals surface area (Å²) in [5.41, 5.74) is 1.28. The van der Waals surface area contributed by atoms with Gasteiger partial charge in [0.1, 0.15) is 0 Å². The second-order valence-corrected chi connectivity index (χ2v) is 6.82. The molecule has 0 amide bonds. The number of benzene rings is 2. The predicted octanol–water partition coefficient (Wildman–Crippen LogP) is 5.46. The van der Waals surface area contributed by atoms with E-state index in [1.807, 2.05) is 0 Å². The Morgan fingerprint density at radius 2 is 1.83 bits per heavy atom. The van der Waals surface area contributed by atoms with E-state index >= 15 is 0 Å². The highest BCUT2D eigenvalue weighted by Gasteiger charge is 2.23. The van der Waals surface area contributed by atoms with Crippen LogP contribution in [0.1, 0.15) is 56.4 Å². The number of carbonyl (C=O) groups is 1. The molecule has 1 fully saturated rings. The Labute approximate surface area is 138 Å². The highest BCUT2D eigenvalue weighted by Crippen LogP contribution is 2.35. The number of hydrogen-bond donors (Lipinski definition) is 0. The van der Waals surface area contributed by atoms with Gasteiger partial charge in [-0.2, -0.15) is 0 Å². The van der Waals surface area contributed by atoms with Gasteiger partial charge in [-0.3, -0.25) is 4.79 Å². The first-order valence-corrected chi connectivity index (χ1v) is 8.82. The zero-order valence-corrected chi connectivity index (χ0v) is 14.0. The Hall–Kier alpha value is -1.83. The van der Waals surface area contributed by atoms with E-state index in [2.05, 4.69) is 42.5 Å². The van der Waals surface area contributed by atoms with Crippen LogP contribution in [0.25, 0.3) is 10.8 Å². The van der Waals surface area contributed by atoms with Gasteiger partial charge in [-0.25, -0.2) is 0 Å². The third kappa shape index (κ3) is 4.13. The van der Waals surface area contributed by atoms with Gasteiger partial charge in [0.15, 0.2) is 0 Å². The monoisotopic (exact) mass is 310 g/mol. The molecule has 0 bridgehead atoms. The molecule has 0 aliphatic heterocycles. The van der Waals surface area contributed by atoms with Crippen molar-refractivity contribution in [3.05, 3.63) is 48.0 Å². The van der Waals surface area contributed by atoms with Crippen molar-refractivity contribution in [2.45, 2.75) is 50.9 Å². The Morgan fingerprint density at radius 1 is 1.09 bits per heavy atom. The fourth-order valence-corrected chi connectivity index (χ4v) is 3.91. The summed E-state index contributed by atoms with van der Waals surface area (Å²) in [6, 6.07) is 15.0. The highest BCUT2D eigenvalue weighted by molar-refractivity contribution is 5.83. The van der Waals surface area contributed by atoms with E-state index < -0.39 is 0 Å². The van der Waals surface area contributed by atoms with Crippen LogP contribution in [0.2, 0.25) is 0 Å². The van der Waals surface area contributed by atoms with Crippen LogP contribution < -0.4 is 0 Å². The first-order chi connectivity index (χ1) is 11.3. The van der Waals surface area contributed by atoms with E-state index in [1.54, 1.807) is 0 Å². The second kappa shape index (κ2) is 7.63. The van der Waals surface area contributed by atoms with Gasteiger partial charge in [0.05, 0.1) is 13.5 Å². The molecule has 0 N–H and O–H groups in total. The van der Waals surface area contributed by atoms with Crippen LogP contribution in [0.15, 0.2) is 42.5 Å². The Balaban J connectivity index is 1.83. The molecule has 0 radical (unpaired) electrons. The van der Waals surface area contributed by atoms with E-state index in [1.165, 1.54) is 55.5 Å². The minimum Gasteiger partial charge on any atom is -0.469 e. The van der Waals surface area contributed by atoms with Gasteiger partial charge in [0.2, 0.25) is 0 Å². The average molecular weight is 310 g/mol. The number of ether oxygens (including phenoxy) is 1. The quantitative estimate of drug-likeness (QED) is 0.686. The van der Waals surface area contributed by atoms with Gasteiger partial charge >= 0.3 is 5.97 Å². The summed E-state index contributed by atoms with van der Waals surface area (Å²) in [5, 5.41) is 2.51. The van der Waals surface area contributed by atoms with Gasteiger partial charge in [0.25, 0.3) is 0 Å². The van der Waals surface area contributed by atoms with Gasteiger partial charge in [0, 0.05) is 0 Å². The molecule has 3 rings (SSSR count). The average Bonchev–Trinajstić information content (AvgIpc) is 2.61. The topological polar surface area (TPSA) is 26.3 Å². The summed E-state index contributed by atoms with van der Waals surface area (Å²) in [7, 11) is 1.49. The van der Waals surface area contributed by atoms with Crippen LogP contribution in [0.3, 0.4) is 0 Å². The molecule has 1 unspecified atom stereocenters. The molecule has 2 aromatic carbocycles. The molecule has 1 aliphatic rings. The number of esters is 1. The molecule has 0 aromatic heterocycles. The molecule has 1 atom stereocenters. The van der Waals surface area contributed by atoms with Gasteiger partial charge in [-0.05, 0) is 34.6 Å². The summed E-state index contributed by atoms with van der Waals surface area (Å²) >= 11 is 0. The maximum Gasteiger partial charge on any atom is 0.306 e.